The molecule has 0 radical (unpaired) electrons. The first kappa shape index (κ1) is 15.8. The van der Waals surface area contributed by atoms with Crippen LogP contribution in [-0.2, 0) is 9.59 Å². The molecular formula is C12H22N4O2S. The van der Waals surface area contributed by atoms with Crippen LogP contribution in [0.15, 0.2) is 0 Å². The van der Waals surface area contributed by atoms with Gasteiger partial charge >= 0.3 is 11.8 Å². The predicted molar refractivity (Wildman–Crippen MR) is 77.7 cm³/mol. The fourth-order valence-electron chi connectivity index (χ4n) is 1.97. The maximum atomic E-state index is 11.9. The van der Waals surface area contributed by atoms with Crippen molar-refractivity contribution in [2.24, 2.45) is 5.73 Å². The number of nitrogens with zero attached hydrogens (tertiary/aromatic N) is 2. The van der Waals surface area contributed by atoms with Crippen molar-refractivity contribution in [2.75, 3.05) is 32.7 Å². The predicted octanol–water partition coefficient (Wildman–Crippen LogP) is -0.669. The molecule has 1 aliphatic heterocycles. The van der Waals surface area contributed by atoms with Crippen LogP contribution in [0.3, 0.4) is 0 Å². The van der Waals surface area contributed by atoms with Gasteiger partial charge in [-0.2, -0.15) is 0 Å². The molecule has 3 N–H and O–H groups in total. The molecule has 2 amide bonds. The summed E-state index contributed by atoms with van der Waals surface area (Å²) in [6, 6.07) is 0. The normalized spacial score (nSPS) is 17.1. The lowest BCUT2D eigenvalue weighted by Crippen LogP contribution is -2.57. The van der Waals surface area contributed by atoms with Gasteiger partial charge in [-0.15, -0.1) is 0 Å². The summed E-state index contributed by atoms with van der Waals surface area (Å²) < 4.78 is 0. The highest BCUT2D eigenvalue weighted by molar-refractivity contribution is 7.80. The fourth-order valence-corrected chi connectivity index (χ4v) is 2.04. The highest BCUT2D eigenvalue weighted by Crippen LogP contribution is 2.15. The highest BCUT2D eigenvalue weighted by Gasteiger charge is 2.30. The summed E-state index contributed by atoms with van der Waals surface area (Å²) in [5.74, 6) is -1.15. The van der Waals surface area contributed by atoms with Crippen LogP contribution < -0.4 is 11.1 Å². The van der Waals surface area contributed by atoms with E-state index in [1.54, 1.807) is 4.90 Å². The minimum atomic E-state index is -0.642. The third-order valence-electron chi connectivity index (χ3n) is 3.13. The van der Waals surface area contributed by atoms with Crippen molar-refractivity contribution in [1.29, 1.82) is 0 Å². The number of hydrogen-bond donors (Lipinski definition) is 2. The maximum absolute atomic E-state index is 11.9. The van der Waals surface area contributed by atoms with Gasteiger partial charge in [0.2, 0.25) is 0 Å². The van der Waals surface area contributed by atoms with Gasteiger partial charge in [-0.3, -0.25) is 14.5 Å². The Bertz CT molecular complexity index is 370. The molecule has 0 spiro atoms. The summed E-state index contributed by atoms with van der Waals surface area (Å²) in [6.07, 6.45) is 0. The molecule has 0 aromatic carbocycles. The van der Waals surface area contributed by atoms with Gasteiger partial charge in [0.25, 0.3) is 0 Å². The van der Waals surface area contributed by atoms with Gasteiger partial charge in [0.1, 0.15) is 0 Å². The molecule has 1 rings (SSSR count). The maximum Gasteiger partial charge on any atom is 0.311 e. The van der Waals surface area contributed by atoms with Crippen LogP contribution in [0, 0.1) is 0 Å². The van der Waals surface area contributed by atoms with Crippen molar-refractivity contribution in [3.8, 4) is 0 Å². The molecule has 0 aromatic rings. The molecule has 108 valence electrons. The lowest BCUT2D eigenvalue weighted by molar-refractivity contribution is -0.147. The average molecular weight is 286 g/mol. The Morgan fingerprint density at radius 3 is 2.16 bits per heavy atom. The summed E-state index contributed by atoms with van der Waals surface area (Å²) in [5.41, 5.74) is 5.36. The topological polar surface area (TPSA) is 78.7 Å². The molecule has 0 aromatic heterocycles. The van der Waals surface area contributed by atoms with Crippen LogP contribution in [-0.4, -0.2) is 64.9 Å². The van der Waals surface area contributed by atoms with Gasteiger partial charge in [-0.1, -0.05) is 12.2 Å². The van der Waals surface area contributed by atoms with E-state index in [2.05, 4.69) is 43.2 Å². The van der Waals surface area contributed by atoms with E-state index in [1.165, 1.54) is 0 Å². The second kappa shape index (κ2) is 6.29. The molecule has 0 atom stereocenters. The van der Waals surface area contributed by atoms with E-state index in [9.17, 15) is 9.59 Å². The molecule has 0 aliphatic carbocycles. The first-order valence-electron chi connectivity index (χ1n) is 6.32. The van der Waals surface area contributed by atoms with E-state index in [-0.39, 0.29) is 17.1 Å². The van der Waals surface area contributed by atoms with Gasteiger partial charge in [0.15, 0.2) is 0 Å². The second-order valence-corrected chi connectivity index (χ2v) is 6.12. The van der Waals surface area contributed by atoms with Crippen LogP contribution in [0.2, 0.25) is 0 Å². The van der Waals surface area contributed by atoms with Crippen LogP contribution in [0.25, 0.3) is 0 Å². The quantitative estimate of drug-likeness (QED) is 0.520. The molecule has 1 aliphatic rings. The number of carbonyl (C=O) groups excluding carboxylic acids is 2. The van der Waals surface area contributed by atoms with E-state index < -0.39 is 11.8 Å². The third kappa shape index (κ3) is 4.76. The van der Waals surface area contributed by atoms with Crippen molar-refractivity contribution in [2.45, 2.75) is 26.3 Å². The number of amides is 2. The van der Waals surface area contributed by atoms with Gasteiger partial charge < -0.3 is 16.0 Å². The summed E-state index contributed by atoms with van der Waals surface area (Å²) in [5, 5.41) is 2.41. The first-order valence-corrected chi connectivity index (χ1v) is 6.73. The van der Waals surface area contributed by atoms with Crippen molar-refractivity contribution < 1.29 is 9.59 Å². The Balaban J connectivity index is 2.44. The lowest BCUT2D eigenvalue weighted by Gasteiger charge is -2.42. The van der Waals surface area contributed by atoms with E-state index in [0.717, 1.165) is 13.1 Å². The molecule has 1 saturated heterocycles. The van der Waals surface area contributed by atoms with Crippen LogP contribution >= 0.6 is 12.2 Å². The Labute approximate surface area is 119 Å². The zero-order valence-corrected chi connectivity index (χ0v) is 12.5. The van der Waals surface area contributed by atoms with Crippen LogP contribution in [0.1, 0.15) is 20.8 Å². The lowest BCUT2D eigenvalue weighted by atomic mass is 10.0. The Hall–Kier alpha value is -1.21. The Morgan fingerprint density at radius 2 is 1.74 bits per heavy atom. The second-order valence-electron chi connectivity index (χ2n) is 5.60. The number of hydrogen-bond acceptors (Lipinski definition) is 4. The molecule has 1 fully saturated rings. The number of nitrogens with one attached hydrogen (secondary N) is 1. The third-order valence-corrected chi connectivity index (χ3v) is 3.28. The fraction of sp³-hybridized carbons (Fsp3) is 0.750. The van der Waals surface area contributed by atoms with Crippen molar-refractivity contribution in [3.05, 3.63) is 0 Å². The molecule has 19 heavy (non-hydrogen) atoms. The monoisotopic (exact) mass is 286 g/mol. The average Bonchev–Trinajstić information content (AvgIpc) is 2.34. The van der Waals surface area contributed by atoms with Crippen LogP contribution in [0.4, 0.5) is 0 Å². The van der Waals surface area contributed by atoms with Crippen molar-refractivity contribution in [3.63, 3.8) is 0 Å². The zero-order chi connectivity index (χ0) is 14.6. The summed E-state index contributed by atoms with van der Waals surface area (Å²) in [6.45, 7) is 9.16. The molecule has 0 unspecified atom stereocenters. The minimum absolute atomic E-state index is 0.0574. The molecule has 7 heteroatoms. The molecule has 1 heterocycles. The van der Waals surface area contributed by atoms with Gasteiger partial charge in [-0.05, 0) is 20.8 Å². The van der Waals surface area contributed by atoms with Gasteiger partial charge in [0, 0.05) is 31.7 Å². The van der Waals surface area contributed by atoms with E-state index in [1.807, 2.05) is 0 Å². The molecule has 0 bridgehead atoms. The number of rotatable bonds is 2. The molecular weight excluding hydrogens is 264 g/mol. The summed E-state index contributed by atoms with van der Waals surface area (Å²) in [4.78, 5) is 27.5. The minimum Gasteiger partial charge on any atom is -0.392 e. The smallest absolute Gasteiger partial charge is 0.311 e. The number of piperazine rings is 1. The first-order chi connectivity index (χ1) is 8.71. The highest BCUT2D eigenvalue weighted by atomic mass is 32.1. The largest absolute Gasteiger partial charge is 0.392 e. The number of carbonyl (C=O) groups is 2. The number of nitrogens with two attached hydrogens (primary N) is 1. The van der Waals surface area contributed by atoms with E-state index in [4.69, 9.17) is 5.73 Å². The van der Waals surface area contributed by atoms with Crippen molar-refractivity contribution in [1.82, 2.24) is 15.1 Å². The molecule has 6 nitrogen and oxygen atoms in total. The number of thiocarbonyl (C=S) groups is 1. The summed E-state index contributed by atoms with van der Waals surface area (Å²) >= 11 is 4.64. The Morgan fingerprint density at radius 1 is 1.21 bits per heavy atom. The Kier molecular flexibility index (Phi) is 5.25. The molecule has 0 saturated carbocycles. The van der Waals surface area contributed by atoms with Gasteiger partial charge in [-0.25, -0.2) is 0 Å². The van der Waals surface area contributed by atoms with Gasteiger partial charge in [0.05, 0.1) is 11.5 Å². The summed E-state index contributed by atoms with van der Waals surface area (Å²) in [7, 11) is 0. The van der Waals surface area contributed by atoms with Crippen molar-refractivity contribution >= 4 is 29.0 Å². The van der Waals surface area contributed by atoms with E-state index in [0.29, 0.717) is 13.1 Å². The zero-order valence-electron chi connectivity index (χ0n) is 11.7. The SMILES string of the molecule is CC(C)(C)N1CCN(C(=O)C(=O)NCC(N)=S)CC1. The standard InChI is InChI=1S/C12H22N4O2S/c1-12(2,3)16-6-4-15(5-7-16)11(18)10(17)14-8-9(13)19/h4-8H2,1-3H3,(H2,13,19)(H,14,17). The van der Waals surface area contributed by atoms with Crippen LogP contribution in [0.5, 0.6) is 0 Å². The van der Waals surface area contributed by atoms with E-state index >= 15 is 0 Å².